The van der Waals surface area contributed by atoms with Gasteiger partial charge in [-0.25, -0.2) is 0 Å². The summed E-state index contributed by atoms with van der Waals surface area (Å²) >= 11 is 6.30. The van der Waals surface area contributed by atoms with E-state index in [0.29, 0.717) is 16.7 Å². The molecular weight excluding hydrogens is 282 g/mol. The number of ether oxygens (including phenoxy) is 1. The Bertz CT molecular complexity index is 608. The van der Waals surface area contributed by atoms with E-state index in [-0.39, 0.29) is 6.04 Å². The molecule has 2 aromatic carbocycles. The zero-order chi connectivity index (χ0) is 15.4. The predicted molar refractivity (Wildman–Crippen MR) is 89.4 cm³/mol. The van der Waals surface area contributed by atoms with E-state index in [2.05, 4.69) is 26.0 Å². The molecule has 112 valence electrons. The van der Waals surface area contributed by atoms with Gasteiger partial charge in [0, 0.05) is 6.04 Å². The highest BCUT2D eigenvalue weighted by molar-refractivity contribution is 6.32. The number of hydrogen-bond acceptors (Lipinski definition) is 2. The fourth-order valence-electron chi connectivity index (χ4n) is 2.23. The molecular formula is C18H22ClNO. The Kier molecular flexibility index (Phi) is 5.27. The second-order valence-electron chi connectivity index (χ2n) is 5.74. The van der Waals surface area contributed by atoms with Crippen LogP contribution in [0.4, 0.5) is 0 Å². The van der Waals surface area contributed by atoms with E-state index in [0.717, 1.165) is 17.7 Å². The molecule has 0 saturated heterocycles. The van der Waals surface area contributed by atoms with Gasteiger partial charge < -0.3 is 10.5 Å². The minimum atomic E-state index is 0.0628. The second-order valence-corrected chi connectivity index (χ2v) is 6.15. The van der Waals surface area contributed by atoms with Crippen LogP contribution in [0.5, 0.6) is 11.5 Å². The van der Waals surface area contributed by atoms with E-state index in [1.807, 2.05) is 37.3 Å². The van der Waals surface area contributed by atoms with Crippen molar-refractivity contribution in [2.45, 2.75) is 39.2 Å². The van der Waals surface area contributed by atoms with E-state index in [9.17, 15) is 0 Å². The van der Waals surface area contributed by atoms with Crippen molar-refractivity contribution < 1.29 is 4.74 Å². The molecule has 0 saturated carbocycles. The smallest absolute Gasteiger partial charge is 0.149 e. The summed E-state index contributed by atoms with van der Waals surface area (Å²) in [6, 6.07) is 14.0. The normalized spacial score (nSPS) is 12.5. The summed E-state index contributed by atoms with van der Waals surface area (Å²) in [5, 5.41) is 0.614. The summed E-state index contributed by atoms with van der Waals surface area (Å²) in [7, 11) is 0. The van der Waals surface area contributed by atoms with Crippen LogP contribution >= 0.6 is 11.6 Å². The molecule has 3 heteroatoms. The van der Waals surface area contributed by atoms with Gasteiger partial charge >= 0.3 is 0 Å². The lowest BCUT2D eigenvalue weighted by atomic mass is 10.0. The van der Waals surface area contributed by atoms with E-state index in [1.165, 1.54) is 5.56 Å². The highest BCUT2D eigenvalue weighted by Crippen LogP contribution is 2.34. The molecule has 2 N–H and O–H groups in total. The Morgan fingerprint density at radius 1 is 1.10 bits per heavy atom. The van der Waals surface area contributed by atoms with Crippen molar-refractivity contribution in [2.75, 3.05) is 0 Å². The van der Waals surface area contributed by atoms with Crippen molar-refractivity contribution >= 4 is 11.6 Å². The van der Waals surface area contributed by atoms with Crippen molar-refractivity contribution in [3.63, 3.8) is 0 Å². The van der Waals surface area contributed by atoms with Gasteiger partial charge in [-0.05, 0) is 48.6 Å². The summed E-state index contributed by atoms with van der Waals surface area (Å²) in [5.74, 6) is 1.97. The molecule has 2 nitrogen and oxygen atoms in total. The van der Waals surface area contributed by atoms with Crippen LogP contribution in [0.2, 0.25) is 5.02 Å². The van der Waals surface area contributed by atoms with Crippen molar-refractivity contribution in [1.82, 2.24) is 0 Å². The zero-order valence-electron chi connectivity index (χ0n) is 12.8. The van der Waals surface area contributed by atoms with Gasteiger partial charge in [0.1, 0.15) is 11.5 Å². The SMILES string of the molecule is CC(N)Cc1cccc(Cl)c1Oc1cccc(C(C)C)c1. The Hall–Kier alpha value is -1.51. The zero-order valence-corrected chi connectivity index (χ0v) is 13.5. The summed E-state index contributed by atoms with van der Waals surface area (Å²) in [4.78, 5) is 0. The van der Waals surface area contributed by atoms with Crippen LogP contribution in [0.15, 0.2) is 42.5 Å². The first-order valence-corrected chi connectivity index (χ1v) is 7.66. The number of nitrogens with two attached hydrogens (primary N) is 1. The third-order valence-electron chi connectivity index (χ3n) is 3.34. The number of para-hydroxylation sites is 1. The number of rotatable bonds is 5. The Labute approximate surface area is 131 Å². The molecule has 2 aromatic rings. The van der Waals surface area contributed by atoms with Crippen molar-refractivity contribution in [1.29, 1.82) is 0 Å². The van der Waals surface area contributed by atoms with E-state index < -0.39 is 0 Å². The van der Waals surface area contributed by atoms with Crippen LogP contribution < -0.4 is 10.5 Å². The molecule has 0 bridgehead atoms. The quantitative estimate of drug-likeness (QED) is 0.829. The van der Waals surface area contributed by atoms with Crippen LogP contribution in [0.3, 0.4) is 0 Å². The second kappa shape index (κ2) is 6.97. The lowest BCUT2D eigenvalue weighted by Crippen LogP contribution is -2.18. The Balaban J connectivity index is 2.32. The predicted octanol–water partition coefficient (Wildman–Crippen LogP) is 5.15. The Morgan fingerprint density at radius 3 is 2.48 bits per heavy atom. The van der Waals surface area contributed by atoms with Crippen LogP contribution in [0.1, 0.15) is 37.8 Å². The fraction of sp³-hybridized carbons (Fsp3) is 0.333. The molecule has 0 aliphatic carbocycles. The Morgan fingerprint density at radius 2 is 1.81 bits per heavy atom. The van der Waals surface area contributed by atoms with Crippen LogP contribution in [0, 0.1) is 0 Å². The largest absolute Gasteiger partial charge is 0.456 e. The lowest BCUT2D eigenvalue weighted by molar-refractivity contribution is 0.473. The van der Waals surface area contributed by atoms with Gasteiger partial charge in [-0.3, -0.25) is 0 Å². The van der Waals surface area contributed by atoms with Crippen molar-refractivity contribution in [3.8, 4) is 11.5 Å². The highest BCUT2D eigenvalue weighted by Gasteiger charge is 2.12. The first-order chi connectivity index (χ1) is 9.97. The minimum Gasteiger partial charge on any atom is -0.456 e. The summed E-state index contributed by atoms with van der Waals surface area (Å²) in [6.45, 7) is 6.30. The van der Waals surface area contributed by atoms with Gasteiger partial charge in [0.25, 0.3) is 0 Å². The fourth-order valence-corrected chi connectivity index (χ4v) is 2.46. The van der Waals surface area contributed by atoms with Gasteiger partial charge in [-0.2, -0.15) is 0 Å². The third-order valence-corrected chi connectivity index (χ3v) is 3.63. The number of hydrogen-bond donors (Lipinski definition) is 1. The van der Waals surface area contributed by atoms with Gasteiger partial charge in [0.15, 0.2) is 0 Å². The topological polar surface area (TPSA) is 35.2 Å². The minimum absolute atomic E-state index is 0.0628. The molecule has 0 aromatic heterocycles. The molecule has 0 radical (unpaired) electrons. The molecule has 0 heterocycles. The maximum absolute atomic E-state index is 6.30. The molecule has 2 rings (SSSR count). The standard InChI is InChI=1S/C18H22ClNO/c1-12(2)14-6-4-8-16(11-14)21-18-15(10-13(3)20)7-5-9-17(18)19/h4-9,11-13H,10,20H2,1-3H3. The first kappa shape index (κ1) is 15.9. The average molecular weight is 304 g/mol. The number of benzene rings is 2. The molecule has 21 heavy (non-hydrogen) atoms. The van der Waals surface area contributed by atoms with Gasteiger partial charge in [0.05, 0.1) is 5.02 Å². The third kappa shape index (κ3) is 4.23. The van der Waals surface area contributed by atoms with Crippen molar-refractivity contribution in [2.24, 2.45) is 5.73 Å². The van der Waals surface area contributed by atoms with Gasteiger partial charge in [0.2, 0.25) is 0 Å². The molecule has 0 aliphatic rings. The van der Waals surface area contributed by atoms with Crippen LogP contribution in [-0.2, 0) is 6.42 Å². The van der Waals surface area contributed by atoms with Crippen LogP contribution in [0.25, 0.3) is 0 Å². The summed E-state index contributed by atoms with van der Waals surface area (Å²) < 4.78 is 6.04. The first-order valence-electron chi connectivity index (χ1n) is 7.28. The summed E-state index contributed by atoms with van der Waals surface area (Å²) in [5.41, 5.74) is 8.18. The molecule has 0 fully saturated rings. The lowest BCUT2D eigenvalue weighted by Gasteiger charge is -2.15. The molecule has 0 amide bonds. The maximum Gasteiger partial charge on any atom is 0.149 e. The monoisotopic (exact) mass is 303 g/mol. The molecule has 1 atom stereocenters. The van der Waals surface area contributed by atoms with E-state index in [1.54, 1.807) is 0 Å². The van der Waals surface area contributed by atoms with E-state index >= 15 is 0 Å². The highest BCUT2D eigenvalue weighted by atomic mass is 35.5. The molecule has 0 spiro atoms. The van der Waals surface area contributed by atoms with Gasteiger partial charge in [-0.1, -0.05) is 49.7 Å². The molecule has 0 aliphatic heterocycles. The summed E-state index contributed by atoms with van der Waals surface area (Å²) in [6.07, 6.45) is 0.736. The van der Waals surface area contributed by atoms with E-state index in [4.69, 9.17) is 22.1 Å². The van der Waals surface area contributed by atoms with Crippen molar-refractivity contribution in [3.05, 3.63) is 58.6 Å². The maximum atomic E-state index is 6.30. The van der Waals surface area contributed by atoms with Crippen LogP contribution in [-0.4, -0.2) is 6.04 Å². The van der Waals surface area contributed by atoms with Gasteiger partial charge in [-0.15, -0.1) is 0 Å². The number of halogens is 1. The molecule has 1 unspecified atom stereocenters. The average Bonchev–Trinajstić information content (AvgIpc) is 2.42.